The Morgan fingerprint density at radius 2 is 2.07 bits per heavy atom. The Bertz CT molecular complexity index is 827. The third-order valence-electron chi connectivity index (χ3n) is 4.93. The number of rotatable bonds is 7. The third-order valence-corrected chi connectivity index (χ3v) is 5.98. The van der Waals surface area contributed by atoms with Gasteiger partial charge in [0, 0.05) is 6.54 Å². The van der Waals surface area contributed by atoms with Crippen LogP contribution in [0.15, 0.2) is 41.1 Å². The molecule has 1 aromatic carbocycles. The topological polar surface area (TPSA) is 59.8 Å². The third kappa shape index (κ3) is 5.01. The molecule has 1 amide bonds. The number of nitrogens with zero attached hydrogens (tertiary/aromatic N) is 3. The molecule has 1 aliphatic rings. The summed E-state index contributed by atoms with van der Waals surface area (Å²) in [7, 11) is 0. The summed E-state index contributed by atoms with van der Waals surface area (Å²) in [4.78, 5) is 12.5. The summed E-state index contributed by atoms with van der Waals surface area (Å²) in [5, 5.41) is 12.1. The van der Waals surface area contributed by atoms with E-state index in [1.54, 1.807) is 0 Å². The van der Waals surface area contributed by atoms with E-state index in [4.69, 9.17) is 0 Å². The van der Waals surface area contributed by atoms with Gasteiger partial charge in [0.15, 0.2) is 5.16 Å². The number of hydrogen-bond acceptors (Lipinski definition) is 4. The maximum absolute atomic E-state index is 12.5. The van der Waals surface area contributed by atoms with E-state index >= 15 is 0 Å². The molecule has 0 unspecified atom stereocenters. The molecule has 3 rings (SSSR count). The van der Waals surface area contributed by atoms with Crippen LogP contribution in [-0.2, 0) is 4.79 Å². The number of nitrogens with one attached hydrogen (secondary N) is 1. The van der Waals surface area contributed by atoms with Gasteiger partial charge in [0.2, 0.25) is 5.91 Å². The average Bonchev–Trinajstić information content (AvgIpc) is 3.03. The van der Waals surface area contributed by atoms with Gasteiger partial charge >= 0.3 is 0 Å². The van der Waals surface area contributed by atoms with E-state index < -0.39 is 0 Å². The monoisotopic (exact) mass is 384 g/mol. The quantitative estimate of drug-likeness (QED) is 0.569. The van der Waals surface area contributed by atoms with Gasteiger partial charge in [-0.05, 0) is 64.5 Å². The van der Waals surface area contributed by atoms with Crippen LogP contribution in [0.3, 0.4) is 0 Å². The minimum atomic E-state index is -0.225. The molecule has 0 bridgehead atoms. The number of allylic oxidation sites excluding steroid dienone is 1. The lowest BCUT2D eigenvalue weighted by Crippen LogP contribution is -2.32. The second kappa shape index (κ2) is 9.22. The van der Waals surface area contributed by atoms with Gasteiger partial charge in [-0.2, -0.15) is 0 Å². The van der Waals surface area contributed by atoms with Crippen LogP contribution in [0.4, 0.5) is 0 Å². The normalized spacial score (nSPS) is 15.3. The molecule has 0 saturated carbocycles. The molecule has 0 spiro atoms. The Labute approximate surface area is 165 Å². The first-order valence-electron chi connectivity index (χ1n) is 9.66. The summed E-state index contributed by atoms with van der Waals surface area (Å²) in [6.07, 6.45) is 8.23. The number of thioether (sulfide) groups is 1. The lowest BCUT2D eigenvalue weighted by atomic mass is 9.97. The summed E-state index contributed by atoms with van der Waals surface area (Å²) in [5.74, 6) is 0.872. The van der Waals surface area contributed by atoms with E-state index in [0.29, 0.717) is 6.54 Å². The van der Waals surface area contributed by atoms with Crippen LogP contribution < -0.4 is 5.32 Å². The van der Waals surface area contributed by atoms with Crippen molar-refractivity contribution in [2.75, 3.05) is 6.54 Å². The van der Waals surface area contributed by atoms with Gasteiger partial charge in [-0.3, -0.25) is 9.36 Å². The summed E-state index contributed by atoms with van der Waals surface area (Å²) in [5.41, 5.74) is 3.69. The van der Waals surface area contributed by atoms with Crippen molar-refractivity contribution in [3.05, 3.63) is 47.3 Å². The first kappa shape index (κ1) is 19.7. The van der Waals surface area contributed by atoms with Crippen LogP contribution in [0.5, 0.6) is 0 Å². The number of aromatic nitrogens is 3. The molecule has 1 aromatic heterocycles. The number of carbonyl (C=O) groups excluding carboxylic acids is 1. The molecular formula is C21H28N4OS. The highest BCUT2D eigenvalue weighted by Gasteiger charge is 2.20. The zero-order valence-electron chi connectivity index (χ0n) is 16.4. The fraction of sp³-hybridized carbons (Fsp3) is 0.476. The molecule has 144 valence electrons. The summed E-state index contributed by atoms with van der Waals surface area (Å²) >= 11 is 1.45. The smallest absolute Gasteiger partial charge is 0.233 e. The van der Waals surface area contributed by atoms with Crippen LogP contribution in [0.1, 0.15) is 50.4 Å². The van der Waals surface area contributed by atoms with E-state index in [1.165, 1.54) is 43.0 Å². The molecule has 5 nitrogen and oxygen atoms in total. The SMILES string of the molecule is Cc1ccccc1-n1c(C)nnc1S[C@H](C)C(=O)NCCC1=CCCCC1. The molecule has 2 aromatic rings. The highest BCUT2D eigenvalue weighted by atomic mass is 32.2. The predicted molar refractivity (Wildman–Crippen MR) is 110 cm³/mol. The van der Waals surface area contributed by atoms with E-state index in [1.807, 2.05) is 30.5 Å². The zero-order valence-corrected chi connectivity index (χ0v) is 17.2. The van der Waals surface area contributed by atoms with Gasteiger partial charge in [0.05, 0.1) is 10.9 Å². The van der Waals surface area contributed by atoms with Crippen molar-refractivity contribution in [2.45, 2.75) is 63.3 Å². The summed E-state index contributed by atoms with van der Waals surface area (Å²) in [6, 6.07) is 8.15. The van der Waals surface area contributed by atoms with Gasteiger partial charge in [0.25, 0.3) is 0 Å². The number of amides is 1. The van der Waals surface area contributed by atoms with Crippen molar-refractivity contribution in [3.63, 3.8) is 0 Å². The Balaban J connectivity index is 1.61. The number of para-hydroxylation sites is 1. The Hall–Kier alpha value is -2.08. The first-order chi connectivity index (χ1) is 13.1. The average molecular weight is 385 g/mol. The van der Waals surface area contributed by atoms with Crippen molar-refractivity contribution >= 4 is 17.7 Å². The predicted octanol–water partition coefficient (Wildman–Crippen LogP) is 4.37. The zero-order chi connectivity index (χ0) is 19.2. The molecule has 1 aliphatic carbocycles. The van der Waals surface area contributed by atoms with E-state index in [-0.39, 0.29) is 11.2 Å². The van der Waals surface area contributed by atoms with Gasteiger partial charge in [-0.1, -0.05) is 41.6 Å². The molecule has 0 aliphatic heterocycles. The Kier molecular flexibility index (Phi) is 6.72. The van der Waals surface area contributed by atoms with E-state index in [2.05, 4.69) is 40.6 Å². The van der Waals surface area contributed by atoms with E-state index in [0.717, 1.165) is 28.7 Å². The first-order valence-corrected chi connectivity index (χ1v) is 10.5. The van der Waals surface area contributed by atoms with Crippen molar-refractivity contribution in [1.29, 1.82) is 0 Å². The molecule has 27 heavy (non-hydrogen) atoms. The second-order valence-electron chi connectivity index (χ2n) is 7.06. The minimum Gasteiger partial charge on any atom is -0.355 e. The standard InChI is InChI=1S/C21H28N4OS/c1-15-9-7-8-12-19(15)25-17(3)23-24-21(25)27-16(2)20(26)22-14-13-18-10-5-4-6-11-18/h7-10,12,16H,4-6,11,13-14H2,1-3H3,(H,22,26)/t16-/m1/s1. The molecular weight excluding hydrogens is 356 g/mol. The Morgan fingerprint density at radius 1 is 1.26 bits per heavy atom. The molecule has 1 atom stereocenters. The highest BCUT2D eigenvalue weighted by Crippen LogP contribution is 2.27. The number of carbonyl (C=O) groups is 1. The molecule has 0 radical (unpaired) electrons. The molecule has 1 N–H and O–H groups in total. The summed E-state index contributed by atoms with van der Waals surface area (Å²) < 4.78 is 2.02. The number of hydrogen-bond donors (Lipinski definition) is 1. The van der Waals surface area contributed by atoms with Crippen molar-refractivity contribution in [1.82, 2.24) is 20.1 Å². The summed E-state index contributed by atoms with van der Waals surface area (Å²) in [6.45, 7) is 6.64. The Morgan fingerprint density at radius 3 is 2.81 bits per heavy atom. The van der Waals surface area contributed by atoms with Gasteiger partial charge in [-0.25, -0.2) is 0 Å². The maximum atomic E-state index is 12.5. The molecule has 0 saturated heterocycles. The fourth-order valence-electron chi connectivity index (χ4n) is 3.34. The van der Waals surface area contributed by atoms with E-state index in [9.17, 15) is 4.79 Å². The second-order valence-corrected chi connectivity index (χ2v) is 8.37. The van der Waals surface area contributed by atoms with Crippen LogP contribution >= 0.6 is 11.8 Å². The van der Waals surface area contributed by atoms with Crippen molar-refractivity contribution in [3.8, 4) is 5.69 Å². The molecule has 1 heterocycles. The lowest BCUT2D eigenvalue weighted by molar-refractivity contribution is -0.120. The maximum Gasteiger partial charge on any atom is 0.233 e. The van der Waals surface area contributed by atoms with Gasteiger partial charge in [0.1, 0.15) is 5.82 Å². The van der Waals surface area contributed by atoms with Crippen molar-refractivity contribution < 1.29 is 4.79 Å². The van der Waals surface area contributed by atoms with Gasteiger partial charge < -0.3 is 5.32 Å². The highest BCUT2D eigenvalue weighted by molar-refractivity contribution is 8.00. The number of benzene rings is 1. The lowest BCUT2D eigenvalue weighted by Gasteiger charge is -2.16. The number of aryl methyl sites for hydroxylation is 2. The fourth-order valence-corrected chi connectivity index (χ4v) is 4.27. The van der Waals surface area contributed by atoms with Crippen LogP contribution in [-0.4, -0.2) is 32.5 Å². The minimum absolute atomic E-state index is 0.0494. The molecule has 6 heteroatoms. The van der Waals surface area contributed by atoms with Gasteiger partial charge in [-0.15, -0.1) is 10.2 Å². The van der Waals surface area contributed by atoms with Crippen LogP contribution in [0, 0.1) is 13.8 Å². The largest absolute Gasteiger partial charge is 0.355 e. The van der Waals surface area contributed by atoms with Crippen LogP contribution in [0.2, 0.25) is 0 Å². The van der Waals surface area contributed by atoms with Crippen molar-refractivity contribution in [2.24, 2.45) is 0 Å². The van der Waals surface area contributed by atoms with Crippen LogP contribution in [0.25, 0.3) is 5.69 Å². The molecule has 0 fully saturated rings.